The van der Waals surface area contributed by atoms with Crippen molar-refractivity contribution in [3.63, 3.8) is 0 Å². The molecule has 1 saturated carbocycles. The first kappa shape index (κ1) is 9.11. The molecule has 1 nitrogen and oxygen atoms in total. The summed E-state index contributed by atoms with van der Waals surface area (Å²) < 4.78 is 0. The minimum atomic E-state index is 0.464. The lowest BCUT2D eigenvalue weighted by molar-refractivity contribution is -0.120. The first-order valence-corrected chi connectivity index (χ1v) is 5.30. The number of ketones is 1. The van der Waals surface area contributed by atoms with E-state index in [1.54, 1.807) is 0 Å². The van der Waals surface area contributed by atoms with E-state index >= 15 is 0 Å². The van der Waals surface area contributed by atoms with Crippen LogP contribution in [0.25, 0.3) is 0 Å². The maximum absolute atomic E-state index is 10.9. The van der Waals surface area contributed by atoms with Crippen LogP contribution in [0.4, 0.5) is 0 Å². The molecule has 1 rings (SSSR count). The van der Waals surface area contributed by atoms with E-state index in [1.807, 2.05) is 11.8 Å². The van der Waals surface area contributed by atoms with Crippen LogP contribution in [0.1, 0.15) is 39.5 Å². The molecule has 0 aromatic heterocycles. The maximum Gasteiger partial charge on any atom is 0.132 e. The van der Waals surface area contributed by atoms with Crippen LogP contribution in [0, 0.1) is 0 Å². The van der Waals surface area contributed by atoms with Gasteiger partial charge in [-0.25, -0.2) is 0 Å². The maximum atomic E-state index is 10.9. The van der Waals surface area contributed by atoms with Gasteiger partial charge in [0, 0.05) is 18.1 Å². The summed E-state index contributed by atoms with van der Waals surface area (Å²) in [5.41, 5.74) is 0. The molecule has 2 heteroatoms. The zero-order chi connectivity index (χ0) is 8.27. The molecule has 1 aliphatic rings. The Morgan fingerprint density at radius 2 is 1.91 bits per heavy atom. The van der Waals surface area contributed by atoms with Crippen LogP contribution in [-0.4, -0.2) is 16.3 Å². The van der Waals surface area contributed by atoms with Gasteiger partial charge in [-0.2, -0.15) is 11.8 Å². The van der Waals surface area contributed by atoms with E-state index in [4.69, 9.17) is 0 Å². The zero-order valence-corrected chi connectivity index (χ0v) is 8.12. The van der Waals surface area contributed by atoms with E-state index < -0.39 is 0 Å². The van der Waals surface area contributed by atoms with Gasteiger partial charge in [-0.05, 0) is 18.1 Å². The van der Waals surface area contributed by atoms with Gasteiger partial charge < -0.3 is 0 Å². The van der Waals surface area contributed by atoms with Crippen molar-refractivity contribution in [3.8, 4) is 0 Å². The van der Waals surface area contributed by atoms with E-state index in [2.05, 4.69) is 13.8 Å². The van der Waals surface area contributed by atoms with Crippen molar-refractivity contribution in [3.05, 3.63) is 0 Å². The lowest BCUT2D eigenvalue weighted by atomic mass is 9.99. The van der Waals surface area contributed by atoms with Gasteiger partial charge in [0.05, 0.1) is 0 Å². The van der Waals surface area contributed by atoms with Crippen LogP contribution < -0.4 is 0 Å². The summed E-state index contributed by atoms with van der Waals surface area (Å²) >= 11 is 2.03. The van der Waals surface area contributed by atoms with Crippen LogP contribution in [-0.2, 0) is 4.79 Å². The number of hydrogen-bond acceptors (Lipinski definition) is 2. The summed E-state index contributed by atoms with van der Waals surface area (Å²) in [4.78, 5) is 10.9. The summed E-state index contributed by atoms with van der Waals surface area (Å²) in [6, 6.07) is 0. The monoisotopic (exact) mass is 172 g/mol. The molecule has 0 aromatic carbocycles. The molecule has 0 aliphatic heterocycles. The van der Waals surface area contributed by atoms with E-state index in [9.17, 15) is 4.79 Å². The average molecular weight is 172 g/mol. The molecule has 11 heavy (non-hydrogen) atoms. The highest BCUT2D eigenvalue weighted by Crippen LogP contribution is 2.29. The highest BCUT2D eigenvalue weighted by molar-refractivity contribution is 8.00. The number of hydrogen-bond donors (Lipinski definition) is 0. The first-order chi connectivity index (χ1) is 5.18. The zero-order valence-electron chi connectivity index (χ0n) is 7.30. The molecule has 64 valence electrons. The van der Waals surface area contributed by atoms with Crippen LogP contribution >= 0.6 is 11.8 Å². The Hall–Kier alpha value is 0.0200. The Morgan fingerprint density at radius 1 is 1.36 bits per heavy atom. The lowest BCUT2D eigenvalue weighted by Gasteiger charge is -2.21. The number of Topliss-reactive ketones (excluding diaryl/α,β-unsaturated/α-hetero) is 1. The fourth-order valence-corrected chi connectivity index (χ4v) is 2.71. The van der Waals surface area contributed by atoms with Crippen molar-refractivity contribution < 1.29 is 4.79 Å². The topological polar surface area (TPSA) is 17.1 Å². The number of carbonyl (C=O) groups is 1. The predicted octanol–water partition coefficient (Wildman–Crippen LogP) is 2.64. The van der Waals surface area contributed by atoms with E-state index in [0.717, 1.165) is 30.9 Å². The molecule has 0 unspecified atom stereocenters. The SMILES string of the molecule is CC(C)SC1CCC(=O)CC1. The van der Waals surface area contributed by atoms with Crippen molar-refractivity contribution in [1.29, 1.82) is 0 Å². The molecule has 0 saturated heterocycles. The van der Waals surface area contributed by atoms with Crippen molar-refractivity contribution in [2.75, 3.05) is 0 Å². The third-order valence-electron chi connectivity index (χ3n) is 1.95. The minimum absolute atomic E-state index is 0.464. The van der Waals surface area contributed by atoms with Crippen molar-refractivity contribution in [2.45, 2.75) is 50.0 Å². The van der Waals surface area contributed by atoms with Gasteiger partial charge in [0.25, 0.3) is 0 Å². The van der Waals surface area contributed by atoms with Gasteiger partial charge in [-0.1, -0.05) is 13.8 Å². The Morgan fingerprint density at radius 3 is 2.36 bits per heavy atom. The molecule has 0 N–H and O–H groups in total. The Kier molecular flexibility index (Phi) is 3.44. The Balaban J connectivity index is 2.22. The fourth-order valence-electron chi connectivity index (χ4n) is 1.43. The molecule has 1 fully saturated rings. The highest BCUT2D eigenvalue weighted by atomic mass is 32.2. The predicted molar refractivity (Wildman–Crippen MR) is 50.0 cm³/mol. The smallest absolute Gasteiger partial charge is 0.132 e. The van der Waals surface area contributed by atoms with Crippen molar-refractivity contribution in [1.82, 2.24) is 0 Å². The van der Waals surface area contributed by atoms with Crippen LogP contribution in [0.2, 0.25) is 0 Å². The van der Waals surface area contributed by atoms with Gasteiger partial charge in [-0.3, -0.25) is 4.79 Å². The van der Waals surface area contributed by atoms with E-state index in [0.29, 0.717) is 11.0 Å². The van der Waals surface area contributed by atoms with E-state index in [-0.39, 0.29) is 0 Å². The standard InChI is InChI=1S/C9H16OS/c1-7(2)11-9-5-3-8(10)4-6-9/h7,9H,3-6H2,1-2H3. The molecule has 0 atom stereocenters. The van der Waals surface area contributed by atoms with Gasteiger partial charge >= 0.3 is 0 Å². The quantitative estimate of drug-likeness (QED) is 0.637. The third kappa shape index (κ3) is 3.28. The highest BCUT2D eigenvalue weighted by Gasteiger charge is 2.19. The Bertz CT molecular complexity index is 132. The second-order valence-electron chi connectivity index (χ2n) is 3.42. The van der Waals surface area contributed by atoms with Crippen LogP contribution in [0.5, 0.6) is 0 Å². The van der Waals surface area contributed by atoms with Gasteiger partial charge in [0.2, 0.25) is 0 Å². The summed E-state index contributed by atoms with van der Waals surface area (Å²) in [7, 11) is 0. The number of rotatable bonds is 2. The van der Waals surface area contributed by atoms with Crippen molar-refractivity contribution in [2.24, 2.45) is 0 Å². The molecule has 0 aromatic rings. The third-order valence-corrected chi connectivity index (χ3v) is 3.36. The molecular formula is C9H16OS. The Labute approximate surface area is 72.9 Å². The second-order valence-corrected chi connectivity index (χ2v) is 5.30. The summed E-state index contributed by atoms with van der Waals surface area (Å²) in [5, 5.41) is 1.47. The summed E-state index contributed by atoms with van der Waals surface area (Å²) in [5.74, 6) is 0.464. The minimum Gasteiger partial charge on any atom is -0.300 e. The number of carbonyl (C=O) groups excluding carboxylic acids is 1. The molecule has 0 bridgehead atoms. The summed E-state index contributed by atoms with van der Waals surface area (Å²) in [6.07, 6.45) is 3.87. The van der Waals surface area contributed by atoms with Gasteiger partial charge in [0.15, 0.2) is 0 Å². The largest absolute Gasteiger partial charge is 0.300 e. The summed E-state index contributed by atoms with van der Waals surface area (Å²) in [6.45, 7) is 4.45. The molecule has 0 amide bonds. The molecule has 0 radical (unpaired) electrons. The van der Waals surface area contributed by atoms with Crippen LogP contribution in [0.3, 0.4) is 0 Å². The number of thioether (sulfide) groups is 1. The van der Waals surface area contributed by atoms with Gasteiger partial charge in [-0.15, -0.1) is 0 Å². The molecule has 1 aliphatic carbocycles. The normalized spacial score (nSPS) is 21.2. The lowest BCUT2D eigenvalue weighted by Crippen LogP contribution is -2.17. The molecular weight excluding hydrogens is 156 g/mol. The van der Waals surface area contributed by atoms with Crippen molar-refractivity contribution >= 4 is 17.5 Å². The molecule has 0 spiro atoms. The first-order valence-electron chi connectivity index (χ1n) is 4.35. The van der Waals surface area contributed by atoms with E-state index in [1.165, 1.54) is 0 Å². The average Bonchev–Trinajstić information content (AvgIpc) is 1.93. The second kappa shape index (κ2) is 4.15. The van der Waals surface area contributed by atoms with Crippen LogP contribution in [0.15, 0.2) is 0 Å². The fraction of sp³-hybridized carbons (Fsp3) is 0.889. The molecule has 0 heterocycles. The van der Waals surface area contributed by atoms with Gasteiger partial charge in [0.1, 0.15) is 5.78 Å².